The van der Waals surface area contributed by atoms with Crippen molar-refractivity contribution >= 4 is 23.2 Å². The van der Waals surface area contributed by atoms with Gasteiger partial charge in [0.05, 0.1) is 6.61 Å². The van der Waals surface area contributed by atoms with Gasteiger partial charge in [-0.05, 0) is 32.4 Å². The number of para-hydroxylation sites is 1. The highest BCUT2D eigenvalue weighted by Gasteiger charge is 2.19. The number of carbonyl (C=O) groups excluding carboxylic acids is 3. The molecule has 0 aliphatic rings. The summed E-state index contributed by atoms with van der Waals surface area (Å²) in [5, 5.41) is 2.87. The van der Waals surface area contributed by atoms with Crippen molar-refractivity contribution in [3.05, 3.63) is 41.6 Å². The first-order valence-corrected chi connectivity index (χ1v) is 7.28. The molecule has 0 saturated heterocycles. The highest BCUT2D eigenvalue weighted by molar-refractivity contribution is 6.17. The molecule has 5 heteroatoms. The van der Waals surface area contributed by atoms with Crippen molar-refractivity contribution < 1.29 is 19.1 Å². The van der Waals surface area contributed by atoms with E-state index in [9.17, 15) is 14.4 Å². The van der Waals surface area contributed by atoms with Crippen LogP contribution >= 0.6 is 0 Å². The van der Waals surface area contributed by atoms with E-state index >= 15 is 0 Å². The van der Waals surface area contributed by atoms with Gasteiger partial charge in [-0.2, -0.15) is 0 Å². The molecule has 0 aliphatic heterocycles. The molecule has 0 aliphatic carbocycles. The molecule has 1 aromatic rings. The van der Waals surface area contributed by atoms with Crippen LogP contribution in [0.4, 0.5) is 5.69 Å². The first-order valence-electron chi connectivity index (χ1n) is 7.28. The van der Waals surface area contributed by atoms with Crippen LogP contribution in [-0.2, 0) is 14.3 Å². The van der Waals surface area contributed by atoms with Gasteiger partial charge in [0.25, 0.3) is 0 Å². The van der Waals surface area contributed by atoms with Gasteiger partial charge >= 0.3 is 5.97 Å². The van der Waals surface area contributed by atoms with Crippen LogP contribution in [0.2, 0.25) is 0 Å². The Kier molecular flexibility index (Phi) is 7.02. The topological polar surface area (TPSA) is 72.5 Å². The van der Waals surface area contributed by atoms with E-state index in [0.29, 0.717) is 17.7 Å². The Morgan fingerprint density at radius 2 is 1.86 bits per heavy atom. The van der Waals surface area contributed by atoms with Crippen molar-refractivity contribution in [3.63, 3.8) is 0 Å². The third kappa shape index (κ3) is 4.84. The minimum atomic E-state index is -0.659. The number of anilines is 1. The molecule has 1 rings (SSSR count). The maximum atomic E-state index is 12.0. The molecule has 1 N–H and O–H groups in total. The summed E-state index contributed by atoms with van der Waals surface area (Å²) in [6.45, 7) is 5.19. The fourth-order valence-electron chi connectivity index (χ4n) is 1.89. The minimum Gasteiger partial charge on any atom is -0.462 e. The molecule has 0 radical (unpaired) electrons. The van der Waals surface area contributed by atoms with E-state index in [2.05, 4.69) is 5.32 Å². The lowest BCUT2D eigenvalue weighted by molar-refractivity contribution is -0.140. The van der Waals surface area contributed by atoms with E-state index in [-0.39, 0.29) is 30.2 Å². The summed E-state index contributed by atoms with van der Waals surface area (Å²) < 4.78 is 4.90. The minimum absolute atomic E-state index is 0.0398. The van der Waals surface area contributed by atoms with E-state index < -0.39 is 5.97 Å². The molecule has 118 valence electrons. The summed E-state index contributed by atoms with van der Waals surface area (Å²) in [5.41, 5.74) is 0.994. The van der Waals surface area contributed by atoms with Gasteiger partial charge < -0.3 is 10.1 Å². The van der Waals surface area contributed by atoms with E-state index in [1.165, 1.54) is 13.1 Å². The molecule has 0 atom stereocenters. The molecule has 0 amide bonds. The number of ether oxygens (including phenoxy) is 1. The Hall–Kier alpha value is -2.43. The second-order valence-electron chi connectivity index (χ2n) is 4.70. The smallest absolute Gasteiger partial charge is 0.343 e. The zero-order valence-electron chi connectivity index (χ0n) is 13.1. The quantitative estimate of drug-likeness (QED) is 0.263. The highest BCUT2D eigenvalue weighted by atomic mass is 16.5. The number of ketones is 2. The average Bonchev–Trinajstić information content (AvgIpc) is 2.48. The predicted octanol–water partition coefficient (Wildman–Crippen LogP) is 3.12. The number of benzene rings is 1. The fraction of sp³-hybridized carbons (Fsp3) is 0.353. The summed E-state index contributed by atoms with van der Waals surface area (Å²) in [6.07, 6.45) is 2.22. The number of esters is 1. The van der Waals surface area contributed by atoms with Crippen LogP contribution in [0.15, 0.2) is 36.0 Å². The normalized spacial score (nSPS) is 11.0. The van der Waals surface area contributed by atoms with Gasteiger partial charge in [-0.1, -0.05) is 19.1 Å². The first-order chi connectivity index (χ1) is 10.5. The van der Waals surface area contributed by atoms with Crippen LogP contribution < -0.4 is 5.32 Å². The maximum Gasteiger partial charge on any atom is 0.343 e. The van der Waals surface area contributed by atoms with Crippen LogP contribution in [-0.4, -0.2) is 24.1 Å². The molecule has 22 heavy (non-hydrogen) atoms. The third-order valence-electron chi connectivity index (χ3n) is 2.95. The lowest BCUT2D eigenvalue weighted by atomic mass is 10.1. The van der Waals surface area contributed by atoms with Gasteiger partial charge in [-0.25, -0.2) is 4.79 Å². The van der Waals surface area contributed by atoms with Crippen molar-refractivity contribution in [1.82, 2.24) is 0 Å². The molecule has 0 bridgehead atoms. The molecule has 1 aromatic carbocycles. The number of rotatable bonds is 8. The number of hydrogen-bond acceptors (Lipinski definition) is 5. The molecule has 0 unspecified atom stereocenters. The standard InChI is InChI=1S/C17H21NO4/c1-4-8-16(20)14(17(21)22-5-2)11-18-15-10-7-6-9-13(15)12(3)19/h6-7,9-11,18H,4-5,8H2,1-3H3. The van der Waals surface area contributed by atoms with Crippen molar-refractivity contribution in [2.75, 3.05) is 11.9 Å². The lowest BCUT2D eigenvalue weighted by Crippen LogP contribution is -2.17. The molecule has 0 fully saturated rings. The molecule has 0 saturated carbocycles. The largest absolute Gasteiger partial charge is 0.462 e. The van der Waals surface area contributed by atoms with E-state index in [1.54, 1.807) is 31.2 Å². The number of nitrogens with one attached hydrogen (secondary N) is 1. The van der Waals surface area contributed by atoms with Gasteiger partial charge in [-0.15, -0.1) is 0 Å². The van der Waals surface area contributed by atoms with Crippen LogP contribution in [0.5, 0.6) is 0 Å². The first kappa shape index (κ1) is 17.6. The molecule has 0 heterocycles. The second-order valence-corrected chi connectivity index (χ2v) is 4.70. The van der Waals surface area contributed by atoms with Crippen LogP contribution in [0.25, 0.3) is 0 Å². The zero-order chi connectivity index (χ0) is 16.5. The lowest BCUT2D eigenvalue weighted by Gasteiger charge is -2.09. The summed E-state index contributed by atoms with van der Waals surface area (Å²) in [4.78, 5) is 35.5. The van der Waals surface area contributed by atoms with Crippen molar-refractivity contribution in [1.29, 1.82) is 0 Å². The monoisotopic (exact) mass is 303 g/mol. The molecular weight excluding hydrogens is 282 g/mol. The number of Topliss-reactive ketones (excluding diaryl/α,β-unsaturated/α-hetero) is 2. The maximum absolute atomic E-state index is 12.0. The molecule has 5 nitrogen and oxygen atoms in total. The van der Waals surface area contributed by atoms with Gasteiger partial charge in [0.2, 0.25) is 0 Å². The summed E-state index contributed by atoms with van der Waals surface area (Å²) in [7, 11) is 0. The summed E-state index contributed by atoms with van der Waals surface area (Å²) >= 11 is 0. The van der Waals surface area contributed by atoms with Crippen molar-refractivity contribution in [3.8, 4) is 0 Å². The van der Waals surface area contributed by atoms with Gasteiger partial charge in [0, 0.05) is 23.9 Å². The number of carbonyl (C=O) groups is 3. The van der Waals surface area contributed by atoms with E-state index in [4.69, 9.17) is 4.74 Å². The Labute approximate surface area is 130 Å². The van der Waals surface area contributed by atoms with Gasteiger partial charge in [0.15, 0.2) is 11.6 Å². The highest BCUT2D eigenvalue weighted by Crippen LogP contribution is 2.16. The fourth-order valence-corrected chi connectivity index (χ4v) is 1.89. The summed E-state index contributed by atoms with van der Waals surface area (Å²) in [5.74, 6) is -1.04. The second kappa shape index (κ2) is 8.77. The van der Waals surface area contributed by atoms with E-state index in [1.807, 2.05) is 6.92 Å². The molecule has 0 aromatic heterocycles. The Balaban J connectivity index is 3.05. The molecular formula is C17H21NO4. The Morgan fingerprint density at radius 1 is 1.18 bits per heavy atom. The number of hydrogen-bond donors (Lipinski definition) is 1. The SMILES string of the molecule is CCCC(=O)C(=CNc1ccccc1C(C)=O)C(=O)OCC. The Morgan fingerprint density at radius 3 is 2.45 bits per heavy atom. The summed E-state index contributed by atoms with van der Waals surface area (Å²) in [6, 6.07) is 6.90. The van der Waals surface area contributed by atoms with E-state index in [0.717, 1.165) is 0 Å². The predicted molar refractivity (Wildman–Crippen MR) is 84.7 cm³/mol. The Bertz CT molecular complexity index is 570. The van der Waals surface area contributed by atoms with Gasteiger partial charge in [0.1, 0.15) is 5.57 Å². The van der Waals surface area contributed by atoms with Crippen LogP contribution in [0.1, 0.15) is 44.0 Å². The van der Waals surface area contributed by atoms with Crippen molar-refractivity contribution in [2.45, 2.75) is 33.6 Å². The van der Waals surface area contributed by atoms with Crippen molar-refractivity contribution in [2.24, 2.45) is 0 Å². The third-order valence-corrected chi connectivity index (χ3v) is 2.95. The molecule has 0 spiro atoms. The average molecular weight is 303 g/mol. The zero-order valence-corrected chi connectivity index (χ0v) is 13.1. The van der Waals surface area contributed by atoms with Crippen LogP contribution in [0.3, 0.4) is 0 Å². The van der Waals surface area contributed by atoms with Crippen LogP contribution in [0, 0.1) is 0 Å². The van der Waals surface area contributed by atoms with Gasteiger partial charge in [-0.3, -0.25) is 9.59 Å².